The number of hydrogen-bond acceptors (Lipinski definition) is 3. The Kier molecular flexibility index (Phi) is 6.41. The molecule has 2 rings (SSSR count). The van der Waals surface area contributed by atoms with Gasteiger partial charge in [0.15, 0.2) is 9.84 Å². The van der Waals surface area contributed by atoms with E-state index in [1.54, 1.807) is 18.2 Å². The lowest BCUT2D eigenvalue weighted by Gasteiger charge is -2.26. The molecule has 0 unspecified atom stereocenters. The number of nitrogen functional groups attached to an aromatic ring is 1. The molecule has 0 atom stereocenters. The first-order valence-corrected chi connectivity index (χ1v) is 11.0. The molecule has 0 aliphatic rings. The van der Waals surface area contributed by atoms with Gasteiger partial charge in [-0.15, -0.1) is 0 Å². The molecule has 0 aliphatic carbocycles. The van der Waals surface area contributed by atoms with Crippen molar-refractivity contribution in [1.29, 1.82) is 0 Å². The van der Waals surface area contributed by atoms with Crippen LogP contribution in [-0.2, 0) is 15.3 Å². The average Bonchev–Trinajstić information content (AvgIpc) is 2.56. The highest BCUT2D eigenvalue weighted by atomic mass is 35.5. The number of hydrogen-bond donors (Lipinski definition) is 1. The molecule has 0 saturated heterocycles. The average molecular weight is 394 g/mol. The number of unbranched alkanes of at least 4 members (excludes halogenated alkanes) is 2. The minimum absolute atomic E-state index is 0.176. The molecule has 142 valence electrons. The van der Waals surface area contributed by atoms with Crippen LogP contribution in [0.2, 0.25) is 5.02 Å². The number of sulfone groups is 1. The van der Waals surface area contributed by atoms with E-state index in [-0.39, 0.29) is 11.2 Å². The predicted molar refractivity (Wildman–Crippen MR) is 112 cm³/mol. The van der Waals surface area contributed by atoms with E-state index in [1.165, 1.54) is 0 Å². The molecule has 0 amide bonds. The van der Waals surface area contributed by atoms with Gasteiger partial charge in [0, 0.05) is 0 Å². The number of nitrogens with two attached hydrogens (primary N) is 1. The summed E-state index contributed by atoms with van der Waals surface area (Å²) < 4.78 is 26.1. The van der Waals surface area contributed by atoms with Crippen LogP contribution in [0.3, 0.4) is 0 Å². The Labute approximate surface area is 162 Å². The van der Waals surface area contributed by atoms with Crippen LogP contribution in [0.25, 0.3) is 11.1 Å². The van der Waals surface area contributed by atoms with Crippen LogP contribution < -0.4 is 5.73 Å². The van der Waals surface area contributed by atoms with Crippen molar-refractivity contribution < 1.29 is 8.42 Å². The van der Waals surface area contributed by atoms with E-state index in [2.05, 4.69) is 6.92 Å². The van der Waals surface area contributed by atoms with Gasteiger partial charge in [0.1, 0.15) is 0 Å². The molecule has 26 heavy (non-hydrogen) atoms. The van der Waals surface area contributed by atoms with E-state index in [1.807, 2.05) is 39.0 Å². The van der Waals surface area contributed by atoms with Crippen LogP contribution in [0.5, 0.6) is 0 Å². The minimum Gasteiger partial charge on any atom is -0.398 e. The molecule has 2 aromatic rings. The van der Waals surface area contributed by atoms with E-state index in [0.29, 0.717) is 22.0 Å². The van der Waals surface area contributed by atoms with Gasteiger partial charge in [-0.2, -0.15) is 0 Å². The lowest BCUT2D eigenvalue weighted by Crippen LogP contribution is -2.20. The molecule has 3 nitrogen and oxygen atoms in total. The lowest BCUT2D eigenvalue weighted by molar-refractivity contribution is 0.561. The molecule has 2 N–H and O–H groups in total. The van der Waals surface area contributed by atoms with E-state index >= 15 is 0 Å². The van der Waals surface area contributed by atoms with Crippen molar-refractivity contribution in [2.75, 3.05) is 11.5 Å². The van der Waals surface area contributed by atoms with Crippen LogP contribution in [0, 0.1) is 0 Å². The molecule has 0 heterocycles. The van der Waals surface area contributed by atoms with E-state index in [4.69, 9.17) is 17.3 Å². The summed E-state index contributed by atoms with van der Waals surface area (Å²) in [4.78, 5) is 0.423. The van der Waals surface area contributed by atoms with Gasteiger partial charge < -0.3 is 5.73 Å². The fourth-order valence-electron chi connectivity index (χ4n) is 3.15. The maximum Gasteiger partial charge on any atom is 0.178 e. The first-order valence-electron chi connectivity index (χ1n) is 8.99. The van der Waals surface area contributed by atoms with Gasteiger partial charge in [-0.05, 0) is 46.7 Å². The Bertz CT molecular complexity index is 883. The maximum atomic E-state index is 13.0. The summed E-state index contributed by atoms with van der Waals surface area (Å²) >= 11 is 6.20. The molecule has 0 aromatic heterocycles. The Morgan fingerprint density at radius 3 is 2.35 bits per heavy atom. The molecule has 0 saturated carbocycles. The Hall–Kier alpha value is -1.52. The molecular weight excluding hydrogens is 366 g/mol. The number of benzene rings is 2. The first kappa shape index (κ1) is 20.8. The molecule has 0 aliphatic heterocycles. The van der Waals surface area contributed by atoms with Crippen molar-refractivity contribution in [2.45, 2.75) is 57.3 Å². The van der Waals surface area contributed by atoms with Crippen LogP contribution in [0.15, 0.2) is 41.3 Å². The monoisotopic (exact) mass is 393 g/mol. The summed E-state index contributed by atoms with van der Waals surface area (Å²) in [6.45, 7) is 8.18. The standard InChI is InChI=1S/C21H28ClNO2S/c1-5-6-7-13-26(24,25)19-10-8-9-16(20(19)21(2,3)4)15-11-12-18(23)17(22)14-15/h8-12,14H,5-7,13,23H2,1-4H3. The highest BCUT2D eigenvalue weighted by Crippen LogP contribution is 2.39. The second-order valence-corrected chi connectivity index (χ2v) is 10.2. The highest BCUT2D eigenvalue weighted by molar-refractivity contribution is 7.91. The van der Waals surface area contributed by atoms with Crippen molar-refractivity contribution in [2.24, 2.45) is 0 Å². The second-order valence-electron chi connectivity index (χ2n) is 7.69. The zero-order valence-electron chi connectivity index (χ0n) is 16.0. The summed E-state index contributed by atoms with van der Waals surface area (Å²) in [6, 6.07) is 10.9. The summed E-state index contributed by atoms with van der Waals surface area (Å²) in [7, 11) is -3.35. The SMILES string of the molecule is CCCCCS(=O)(=O)c1cccc(-c2ccc(N)c(Cl)c2)c1C(C)(C)C. The maximum absolute atomic E-state index is 13.0. The molecule has 0 radical (unpaired) electrons. The van der Waals surface area contributed by atoms with E-state index < -0.39 is 9.84 Å². The lowest BCUT2D eigenvalue weighted by atomic mass is 9.81. The Morgan fingerprint density at radius 1 is 1.08 bits per heavy atom. The normalized spacial score (nSPS) is 12.3. The molecule has 0 spiro atoms. The van der Waals surface area contributed by atoms with Crippen LogP contribution >= 0.6 is 11.6 Å². The van der Waals surface area contributed by atoms with Gasteiger partial charge in [0.2, 0.25) is 0 Å². The Balaban J connectivity index is 2.66. The summed E-state index contributed by atoms with van der Waals surface area (Å²) in [6.07, 6.45) is 2.59. The largest absolute Gasteiger partial charge is 0.398 e. The molecule has 5 heteroatoms. The number of anilines is 1. The minimum atomic E-state index is -3.35. The third kappa shape index (κ3) is 4.60. The number of rotatable bonds is 6. The summed E-state index contributed by atoms with van der Waals surface area (Å²) in [5, 5.41) is 0.471. The third-order valence-electron chi connectivity index (χ3n) is 4.44. The van der Waals surface area contributed by atoms with E-state index in [0.717, 1.165) is 29.5 Å². The van der Waals surface area contributed by atoms with Crippen LogP contribution in [0.1, 0.15) is 52.5 Å². The molecular formula is C21H28ClNO2S. The van der Waals surface area contributed by atoms with Gasteiger partial charge in [-0.25, -0.2) is 8.42 Å². The highest BCUT2D eigenvalue weighted by Gasteiger charge is 2.28. The van der Waals surface area contributed by atoms with Crippen molar-refractivity contribution in [3.8, 4) is 11.1 Å². The summed E-state index contributed by atoms with van der Waals surface area (Å²) in [5.41, 5.74) is 8.60. The fourth-order valence-corrected chi connectivity index (χ4v) is 5.15. The molecule has 0 fully saturated rings. The molecule has 0 bridgehead atoms. The second kappa shape index (κ2) is 8.01. The fraction of sp³-hybridized carbons (Fsp3) is 0.429. The van der Waals surface area contributed by atoms with Crippen molar-refractivity contribution >= 4 is 27.1 Å². The van der Waals surface area contributed by atoms with E-state index in [9.17, 15) is 8.42 Å². The smallest absolute Gasteiger partial charge is 0.178 e. The zero-order valence-corrected chi connectivity index (χ0v) is 17.5. The van der Waals surface area contributed by atoms with Crippen LogP contribution in [-0.4, -0.2) is 14.2 Å². The summed E-state index contributed by atoms with van der Waals surface area (Å²) in [5.74, 6) is 0.176. The van der Waals surface area contributed by atoms with Crippen LogP contribution in [0.4, 0.5) is 5.69 Å². The topological polar surface area (TPSA) is 60.2 Å². The van der Waals surface area contributed by atoms with Crippen molar-refractivity contribution in [1.82, 2.24) is 0 Å². The van der Waals surface area contributed by atoms with Gasteiger partial charge >= 0.3 is 0 Å². The van der Waals surface area contributed by atoms with Gasteiger partial charge in [-0.1, -0.05) is 70.3 Å². The zero-order chi connectivity index (χ0) is 19.5. The first-order chi connectivity index (χ1) is 12.1. The predicted octanol–water partition coefficient (Wildman–Crippen LogP) is 5.85. The quantitative estimate of drug-likeness (QED) is 0.494. The van der Waals surface area contributed by atoms with Gasteiger partial charge in [0.25, 0.3) is 0 Å². The van der Waals surface area contributed by atoms with Crippen molar-refractivity contribution in [3.63, 3.8) is 0 Å². The Morgan fingerprint density at radius 2 is 1.77 bits per heavy atom. The molecule has 2 aromatic carbocycles. The third-order valence-corrected chi connectivity index (χ3v) is 6.60. The van der Waals surface area contributed by atoms with Gasteiger partial charge in [-0.3, -0.25) is 0 Å². The van der Waals surface area contributed by atoms with Crippen molar-refractivity contribution in [3.05, 3.63) is 47.0 Å². The van der Waals surface area contributed by atoms with Gasteiger partial charge in [0.05, 0.1) is 21.4 Å². The number of halogens is 1.